The summed E-state index contributed by atoms with van der Waals surface area (Å²) in [6.45, 7) is 0. The van der Waals surface area contributed by atoms with Gasteiger partial charge in [0.05, 0.1) is 4.92 Å². The molecule has 0 unspecified atom stereocenters. The summed E-state index contributed by atoms with van der Waals surface area (Å²) in [4.78, 5) is 27.4. The molecule has 0 spiro atoms. The Bertz CT molecular complexity index is 414. The minimum Gasteiger partial charge on any atom is -0.275 e. The molecule has 0 saturated heterocycles. The molecule has 0 aromatic carbocycles. The van der Waals surface area contributed by atoms with Gasteiger partial charge in [-0.2, -0.15) is 4.98 Å². The van der Waals surface area contributed by atoms with E-state index in [0.29, 0.717) is 0 Å². The lowest BCUT2D eigenvalue weighted by atomic mass is 10.5. The molecule has 80 valence electrons. The summed E-state index contributed by atoms with van der Waals surface area (Å²) in [5.74, 6) is -0.176. The molecule has 1 aromatic heterocycles. The molecule has 0 bridgehead atoms. The van der Waals surface area contributed by atoms with E-state index < -0.39 is 8.84 Å². The van der Waals surface area contributed by atoms with E-state index in [1.165, 1.54) is 22.6 Å². The Morgan fingerprint density at radius 3 is 2.87 bits per heavy atom. The van der Waals surface area contributed by atoms with Crippen LogP contribution in [0.5, 0.6) is 0 Å². The molecule has 0 radical (unpaired) electrons. The number of nitro groups is 1. The van der Waals surface area contributed by atoms with Crippen molar-refractivity contribution in [3.63, 3.8) is 0 Å². The molecule has 0 atom stereocenters. The highest BCUT2D eigenvalue weighted by molar-refractivity contribution is 14.1. The van der Waals surface area contributed by atoms with Crippen LogP contribution in [0.1, 0.15) is 0 Å². The lowest BCUT2D eigenvalue weighted by Gasteiger charge is -2.04. The van der Waals surface area contributed by atoms with Crippen LogP contribution in [0, 0.1) is 10.1 Å². The number of aromatic nitrogens is 2. The molecule has 2 N–H and O–H groups in total. The van der Waals surface area contributed by atoms with Crippen LogP contribution >= 0.6 is 34.2 Å². The first-order chi connectivity index (χ1) is 7.00. The molecule has 10 heteroatoms. The summed E-state index contributed by atoms with van der Waals surface area (Å²) in [6.07, 6.45) is 0.941. The van der Waals surface area contributed by atoms with Crippen molar-refractivity contribution in [3.05, 3.63) is 21.6 Å². The average Bonchev–Trinajstić information content (AvgIpc) is 2.14. The quantitative estimate of drug-likeness (QED) is 0.215. The molecule has 15 heavy (non-hydrogen) atoms. The van der Waals surface area contributed by atoms with E-state index in [1.54, 1.807) is 0 Å². The predicted octanol–water partition coefficient (Wildman–Crippen LogP) is 1.51. The van der Waals surface area contributed by atoms with Crippen LogP contribution in [0.25, 0.3) is 0 Å². The van der Waals surface area contributed by atoms with Gasteiger partial charge in [0, 0.05) is 22.6 Å². The van der Waals surface area contributed by atoms with E-state index in [0.717, 1.165) is 6.20 Å². The van der Waals surface area contributed by atoms with E-state index in [-0.39, 0.29) is 16.8 Å². The van der Waals surface area contributed by atoms with Crippen molar-refractivity contribution < 1.29 is 9.72 Å². The normalized spacial score (nSPS) is 9.47. The minimum absolute atomic E-state index is 0.161. The highest BCUT2D eigenvalue weighted by Crippen LogP contribution is 2.20. The zero-order chi connectivity index (χ0) is 11.4. The zero-order valence-corrected chi connectivity index (χ0v) is 9.81. The third-order valence-electron chi connectivity index (χ3n) is 1.22. The fourth-order valence-corrected chi connectivity index (χ4v) is 0.956. The molecule has 1 aromatic rings. The third kappa shape index (κ3) is 3.43. The van der Waals surface area contributed by atoms with Crippen LogP contribution in [0.15, 0.2) is 6.20 Å². The topological polar surface area (TPSA) is 110 Å². The van der Waals surface area contributed by atoms with Gasteiger partial charge < -0.3 is 0 Å². The summed E-state index contributed by atoms with van der Waals surface area (Å²) >= 11 is 6.89. The van der Waals surface area contributed by atoms with E-state index >= 15 is 0 Å². The van der Waals surface area contributed by atoms with Crippen molar-refractivity contribution >= 4 is 49.6 Å². The number of amides is 1. The molecule has 1 heterocycles. The van der Waals surface area contributed by atoms with Crippen LogP contribution < -0.4 is 10.9 Å². The standard InChI is InChI=1S/C5H3ClIN5O3/c6-4-8-1-2(12(14)15)3(9-4)10-11-5(7)13/h1H,(H,11,13)(H,8,9,10). The molecular weight excluding hydrogens is 340 g/mol. The van der Waals surface area contributed by atoms with Crippen molar-refractivity contribution in [1.82, 2.24) is 15.4 Å². The second kappa shape index (κ2) is 5.02. The SMILES string of the molecule is O=C(I)NNc1nc(Cl)ncc1[N+](=O)[O-]. The Labute approximate surface area is 102 Å². The summed E-state index contributed by atoms with van der Waals surface area (Å²) in [5.41, 5.74) is 3.99. The Morgan fingerprint density at radius 1 is 1.67 bits per heavy atom. The van der Waals surface area contributed by atoms with Crippen molar-refractivity contribution in [2.45, 2.75) is 0 Å². The van der Waals surface area contributed by atoms with E-state index in [9.17, 15) is 14.9 Å². The second-order valence-electron chi connectivity index (χ2n) is 2.15. The predicted molar refractivity (Wildman–Crippen MR) is 59.9 cm³/mol. The number of nitrogens with zero attached hydrogens (tertiary/aromatic N) is 3. The van der Waals surface area contributed by atoms with Crippen molar-refractivity contribution in [2.24, 2.45) is 0 Å². The summed E-state index contributed by atoms with van der Waals surface area (Å²) in [6, 6.07) is 0. The van der Waals surface area contributed by atoms with Gasteiger partial charge in [-0.05, 0) is 11.6 Å². The average molecular weight is 343 g/mol. The van der Waals surface area contributed by atoms with Gasteiger partial charge in [-0.15, -0.1) is 0 Å². The third-order valence-corrected chi connectivity index (χ3v) is 1.67. The van der Waals surface area contributed by atoms with Gasteiger partial charge in [-0.25, -0.2) is 4.98 Å². The smallest absolute Gasteiger partial charge is 0.275 e. The van der Waals surface area contributed by atoms with Crippen LogP contribution in [-0.4, -0.2) is 18.8 Å². The molecule has 0 fully saturated rings. The van der Waals surface area contributed by atoms with Crippen molar-refractivity contribution in [2.75, 3.05) is 5.43 Å². The zero-order valence-electron chi connectivity index (χ0n) is 6.90. The van der Waals surface area contributed by atoms with Crippen LogP contribution in [0.4, 0.5) is 16.3 Å². The highest BCUT2D eigenvalue weighted by atomic mass is 127. The van der Waals surface area contributed by atoms with Gasteiger partial charge in [0.25, 0.3) is 3.91 Å². The summed E-state index contributed by atoms with van der Waals surface area (Å²) in [5, 5.41) is 10.3. The highest BCUT2D eigenvalue weighted by Gasteiger charge is 2.16. The minimum atomic E-state index is -0.696. The molecule has 0 saturated carbocycles. The van der Waals surface area contributed by atoms with Gasteiger partial charge in [0.1, 0.15) is 6.20 Å². The summed E-state index contributed by atoms with van der Waals surface area (Å²) in [7, 11) is 0. The lowest BCUT2D eigenvalue weighted by molar-refractivity contribution is -0.384. The lowest BCUT2D eigenvalue weighted by Crippen LogP contribution is -2.24. The van der Waals surface area contributed by atoms with Crippen LogP contribution in [-0.2, 0) is 0 Å². The Kier molecular flexibility index (Phi) is 3.96. The largest absolute Gasteiger partial charge is 0.331 e. The maximum Gasteiger partial charge on any atom is 0.331 e. The Hall–Kier alpha value is -1.23. The number of nitrogens with one attached hydrogen (secondary N) is 2. The maximum atomic E-state index is 10.5. The van der Waals surface area contributed by atoms with Crippen molar-refractivity contribution in [1.29, 1.82) is 0 Å². The van der Waals surface area contributed by atoms with Crippen LogP contribution in [0.3, 0.4) is 0 Å². The van der Waals surface area contributed by atoms with Gasteiger partial charge in [0.2, 0.25) is 11.1 Å². The van der Waals surface area contributed by atoms with Gasteiger partial charge in [-0.3, -0.25) is 25.8 Å². The van der Waals surface area contributed by atoms with Gasteiger partial charge in [0.15, 0.2) is 0 Å². The van der Waals surface area contributed by atoms with E-state index in [1.807, 2.05) is 0 Å². The number of hydrogen-bond donors (Lipinski definition) is 2. The first-order valence-electron chi connectivity index (χ1n) is 3.39. The molecule has 0 aliphatic carbocycles. The molecule has 0 aliphatic heterocycles. The number of anilines is 1. The van der Waals surface area contributed by atoms with E-state index in [4.69, 9.17) is 11.6 Å². The van der Waals surface area contributed by atoms with Gasteiger partial charge in [-0.1, -0.05) is 0 Å². The number of halogens is 2. The first kappa shape index (κ1) is 11.8. The van der Waals surface area contributed by atoms with Gasteiger partial charge >= 0.3 is 5.69 Å². The number of hydrazine groups is 1. The fraction of sp³-hybridized carbons (Fsp3) is 0. The molecule has 0 aliphatic rings. The number of rotatable bonds is 3. The molecule has 1 amide bonds. The molecule has 8 nitrogen and oxygen atoms in total. The maximum absolute atomic E-state index is 10.5. The number of carbonyl (C=O) groups is 1. The van der Waals surface area contributed by atoms with Crippen LogP contribution in [0.2, 0.25) is 5.28 Å². The Morgan fingerprint density at radius 2 is 2.33 bits per heavy atom. The first-order valence-corrected chi connectivity index (χ1v) is 4.85. The summed E-state index contributed by atoms with van der Waals surface area (Å²) < 4.78 is -0.448. The Balaban J connectivity index is 2.96. The number of hydrogen-bond acceptors (Lipinski definition) is 6. The van der Waals surface area contributed by atoms with Crippen molar-refractivity contribution in [3.8, 4) is 0 Å². The molecule has 1 rings (SSSR count). The van der Waals surface area contributed by atoms with E-state index in [2.05, 4.69) is 20.8 Å². The second-order valence-corrected chi connectivity index (χ2v) is 3.47. The molecular formula is C5H3ClIN5O3. The monoisotopic (exact) mass is 343 g/mol. The fourth-order valence-electron chi connectivity index (χ4n) is 0.688. The number of carbonyl (C=O) groups excluding carboxylic acids is 1.